The normalized spacial score (nSPS) is 12.4. The Labute approximate surface area is 109 Å². The average molecular weight is 249 g/mol. The van der Waals surface area contributed by atoms with E-state index in [1.165, 1.54) is 0 Å². The second-order valence-electron chi connectivity index (χ2n) is 5.25. The summed E-state index contributed by atoms with van der Waals surface area (Å²) in [5, 5.41) is 12.6. The summed E-state index contributed by atoms with van der Waals surface area (Å²) < 4.78 is 0. The molecule has 1 unspecified atom stereocenters. The Bertz CT molecular complexity index is 388. The number of carbonyl (C=O) groups is 1. The van der Waals surface area contributed by atoms with Crippen LogP contribution < -0.4 is 5.32 Å². The highest BCUT2D eigenvalue weighted by atomic mass is 16.3. The number of para-hydroxylation sites is 1. The molecule has 0 bridgehead atoms. The minimum atomic E-state index is -0.0345. The van der Waals surface area contributed by atoms with E-state index in [-0.39, 0.29) is 24.1 Å². The van der Waals surface area contributed by atoms with Gasteiger partial charge in [0.1, 0.15) is 5.75 Å². The lowest BCUT2D eigenvalue weighted by Crippen LogP contribution is -2.33. The van der Waals surface area contributed by atoms with E-state index in [0.29, 0.717) is 11.5 Å². The molecule has 1 rings (SSSR count). The van der Waals surface area contributed by atoms with E-state index in [1.807, 2.05) is 13.0 Å². The molecule has 0 heterocycles. The fourth-order valence-electron chi connectivity index (χ4n) is 1.81. The van der Waals surface area contributed by atoms with Gasteiger partial charge in [-0.2, -0.15) is 0 Å². The van der Waals surface area contributed by atoms with Crippen LogP contribution in [-0.4, -0.2) is 17.1 Å². The number of hydrogen-bond donors (Lipinski definition) is 2. The van der Waals surface area contributed by atoms with Crippen molar-refractivity contribution < 1.29 is 9.90 Å². The molecule has 18 heavy (non-hydrogen) atoms. The third-order valence-corrected chi connectivity index (χ3v) is 2.93. The Hall–Kier alpha value is -1.51. The number of rotatable bonds is 6. The highest BCUT2D eigenvalue weighted by molar-refractivity contribution is 5.79. The van der Waals surface area contributed by atoms with Gasteiger partial charge in [-0.1, -0.05) is 32.0 Å². The first-order valence-corrected chi connectivity index (χ1v) is 6.55. The number of aromatic hydroxyl groups is 1. The van der Waals surface area contributed by atoms with Gasteiger partial charge in [-0.25, -0.2) is 0 Å². The first-order valence-electron chi connectivity index (χ1n) is 6.55. The molecule has 0 aliphatic rings. The maximum atomic E-state index is 11.8. The molecule has 1 aromatic carbocycles. The molecule has 100 valence electrons. The van der Waals surface area contributed by atoms with Crippen LogP contribution in [-0.2, 0) is 11.2 Å². The SMILES string of the molecule is CC(C)CCC(C)NC(=O)Cc1ccccc1O. The van der Waals surface area contributed by atoms with Crippen LogP contribution in [0, 0.1) is 5.92 Å². The van der Waals surface area contributed by atoms with E-state index in [0.717, 1.165) is 12.8 Å². The zero-order valence-corrected chi connectivity index (χ0v) is 11.4. The molecule has 0 saturated heterocycles. The van der Waals surface area contributed by atoms with E-state index in [2.05, 4.69) is 19.2 Å². The molecule has 2 N–H and O–H groups in total. The van der Waals surface area contributed by atoms with Crippen LogP contribution >= 0.6 is 0 Å². The number of nitrogens with one attached hydrogen (secondary N) is 1. The molecule has 1 atom stereocenters. The summed E-state index contributed by atoms with van der Waals surface area (Å²) in [5.41, 5.74) is 0.672. The Morgan fingerprint density at radius 1 is 1.22 bits per heavy atom. The third kappa shape index (κ3) is 5.21. The number of benzene rings is 1. The van der Waals surface area contributed by atoms with Crippen molar-refractivity contribution in [1.82, 2.24) is 5.32 Å². The van der Waals surface area contributed by atoms with E-state index < -0.39 is 0 Å². The molecule has 0 aliphatic carbocycles. The Morgan fingerprint density at radius 2 is 1.89 bits per heavy atom. The lowest BCUT2D eigenvalue weighted by molar-refractivity contribution is -0.121. The van der Waals surface area contributed by atoms with Crippen molar-refractivity contribution >= 4 is 5.91 Å². The van der Waals surface area contributed by atoms with Gasteiger partial charge < -0.3 is 10.4 Å². The van der Waals surface area contributed by atoms with Crippen molar-refractivity contribution in [3.63, 3.8) is 0 Å². The van der Waals surface area contributed by atoms with Gasteiger partial charge in [-0.05, 0) is 31.7 Å². The summed E-state index contributed by atoms with van der Waals surface area (Å²) in [6.07, 6.45) is 2.33. The van der Waals surface area contributed by atoms with Gasteiger partial charge in [0.2, 0.25) is 5.91 Å². The van der Waals surface area contributed by atoms with Crippen LogP contribution in [0.15, 0.2) is 24.3 Å². The van der Waals surface area contributed by atoms with Gasteiger partial charge in [0.15, 0.2) is 0 Å². The lowest BCUT2D eigenvalue weighted by atomic mass is 10.0. The molecular weight excluding hydrogens is 226 g/mol. The first-order chi connectivity index (χ1) is 8.49. The fourth-order valence-corrected chi connectivity index (χ4v) is 1.81. The van der Waals surface area contributed by atoms with Crippen molar-refractivity contribution in [3.8, 4) is 5.75 Å². The van der Waals surface area contributed by atoms with Crippen molar-refractivity contribution in [2.45, 2.75) is 46.1 Å². The number of hydrogen-bond acceptors (Lipinski definition) is 2. The van der Waals surface area contributed by atoms with E-state index in [9.17, 15) is 9.90 Å². The Kier molecular flexibility index (Phi) is 5.69. The Balaban J connectivity index is 2.40. The summed E-state index contributed by atoms with van der Waals surface area (Å²) in [6.45, 7) is 6.37. The molecule has 0 aliphatic heterocycles. The fraction of sp³-hybridized carbons (Fsp3) is 0.533. The van der Waals surface area contributed by atoms with Crippen LogP contribution in [0.2, 0.25) is 0 Å². The molecule has 3 heteroatoms. The van der Waals surface area contributed by atoms with E-state index >= 15 is 0 Å². The van der Waals surface area contributed by atoms with Crippen LogP contribution in [0.4, 0.5) is 0 Å². The minimum absolute atomic E-state index is 0.0345. The number of phenolic OH excluding ortho intramolecular Hbond substituents is 1. The molecule has 0 spiro atoms. The lowest BCUT2D eigenvalue weighted by Gasteiger charge is -2.15. The number of carbonyl (C=O) groups excluding carboxylic acids is 1. The number of phenols is 1. The largest absolute Gasteiger partial charge is 0.508 e. The highest BCUT2D eigenvalue weighted by Crippen LogP contribution is 2.16. The van der Waals surface area contributed by atoms with E-state index in [4.69, 9.17) is 0 Å². The molecule has 1 aromatic rings. The van der Waals surface area contributed by atoms with E-state index in [1.54, 1.807) is 18.2 Å². The molecule has 3 nitrogen and oxygen atoms in total. The van der Waals surface area contributed by atoms with Crippen LogP contribution in [0.25, 0.3) is 0 Å². The quantitative estimate of drug-likeness (QED) is 0.814. The van der Waals surface area contributed by atoms with Crippen LogP contribution in [0.1, 0.15) is 39.2 Å². The van der Waals surface area contributed by atoms with Crippen molar-refractivity contribution in [1.29, 1.82) is 0 Å². The predicted molar refractivity (Wildman–Crippen MR) is 73.5 cm³/mol. The summed E-state index contributed by atoms with van der Waals surface area (Å²) in [5.74, 6) is 0.803. The average Bonchev–Trinajstić information content (AvgIpc) is 2.29. The molecule has 0 aromatic heterocycles. The molecule has 0 radical (unpaired) electrons. The second kappa shape index (κ2) is 7.04. The Morgan fingerprint density at radius 3 is 2.50 bits per heavy atom. The molecular formula is C15H23NO2. The molecule has 0 fully saturated rings. The first kappa shape index (κ1) is 14.6. The van der Waals surface area contributed by atoms with Crippen molar-refractivity contribution in [3.05, 3.63) is 29.8 Å². The number of amides is 1. The van der Waals surface area contributed by atoms with Gasteiger partial charge >= 0.3 is 0 Å². The van der Waals surface area contributed by atoms with Crippen LogP contribution in [0.5, 0.6) is 5.75 Å². The summed E-state index contributed by atoms with van der Waals surface area (Å²) in [4.78, 5) is 11.8. The minimum Gasteiger partial charge on any atom is -0.508 e. The zero-order chi connectivity index (χ0) is 13.5. The molecule has 0 saturated carbocycles. The maximum absolute atomic E-state index is 11.8. The summed E-state index contributed by atoms with van der Waals surface area (Å²) >= 11 is 0. The molecule has 1 amide bonds. The van der Waals surface area contributed by atoms with Crippen LogP contribution in [0.3, 0.4) is 0 Å². The van der Waals surface area contributed by atoms with Gasteiger partial charge in [0, 0.05) is 11.6 Å². The van der Waals surface area contributed by atoms with Crippen molar-refractivity contribution in [2.24, 2.45) is 5.92 Å². The summed E-state index contributed by atoms with van der Waals surface area (Å²) in [6, 6.07) is 7.14. The standard InChI is InChI=1S/C15H23NO2/c1-11(2)8-9-12(3)16-15(18)10-13-6-4-5-7-14(13)17/h4-7,11-12,17H,8-10H2,1-3H3,(H,16,18). The topological polar surface area (TPSA) is 49.3 Å². The smallest absolute Gasteiger partial charge is 0.224 e. The third-order valence-electron chi connectivity index (χ3n) is 2.93. The summed E-state index contributed by atoms with van der Waals surface area (Å²) in [7, 11) is 0. The van der Waals surface area contributed by atoms with Crippen molar-refractivity contribution in [2.75, 3.05) is 0 Å². The van der Waals surface area contributed by atoms with Gasteiger partial charge in [0.25, 0.3) is 0 Å². The van der Waals surface area contributed by atoms with Gasteiger partial charge in [-0.3, -0.25) is 4.79 Å². The van der Waals surface area contributed by atoms with Gasteiger partial charge in [-0.15, -0.1) is 0 Å². The van der Waals surface area contributed by atoms with Gasteiger partial charge in [0.05, 0.1) is 6.42 Å². The predicted octanol–water partition coefficient (Wildman–Crippen LogP) is 2.88. The maximum Gasteiger partial charge on any atom is 0.224 e. The second-order valence-corrected chi connectivity index (χ2v) is 5.25. The zero-order valence-electron chi connectivity index (χ0n) is 11.4. The highest BCUT2D eigenvalue weighted by Gasteiger charge is 2.10. The monoisotopic (exact) mass is 249 g/mol.